The lowest BCUT2D eigenvalue weighted by molar-refractivity contribution is 1.23. The maximum Gasteiger partial charge on any atom is 0.171 e. The van der Waals surface area contributed by atoms with Crippen LogP contribution in [0.4, 0.5) is 0 Å². The van der Waals surface area contributed by atoms with Crippen molar-refractivity contribution in [2.75, 3.05) is 0 Å². The average molecular weight is 433 g/mol. The topological polar surface area (TPSA) is 25.8 Å². The van der Waals surface area contributed by atoms with Crippen LogP contribution in [0.2, 0.25) is 5.15 Å². The Morgan fingerprint density at radius 3 is 2.50 bits per heavy atom. The molecule has 0 aliphatic rings. The Kier molecular flexibility index (Phi) is 3.88. The maximum atomic E-state index is 6.31. The molecule has 2 aromatic heterocycles. The molecule has 1 aromatic carbocycles. The zero-order valence-corrected chi connectivity index (χ0v) is 15.4. The summed E-state index contributed by atoms with van der Waals surface area (Å²) >= 11 is 15.0. The van der Waals surface area contributed by atoms with Crippen molar-refractivity contribution < 1.29 is 0 Å². The van der Waals surface area contributed by atoms with Crippen molar-refractivity contribution in [3.63, 3.8) is 0 Å². The van der Waals surface area contributed by atoms with Crippen molar-refractivity contribution in [1.29, 1.82) is 0 Å². The van der Waals surface area contributed by atoms with Crippen LogP contribution < -0.4 is 0 Å². The van der Waals surface area contributed by atoms with Gasteiger partial charge in [0.1, 0.15) is 5.15 Å². The lowest BCUT2D eigenvalue weighted by atomic mass is 10.2. The Bertz CT molecular complexity index is 810. The fourth-order valence-corrected chi connectivity index (χ4v) is 4.42. The molecule has 3 aromatic rings. The van der Waals surface area contributed by atoms with Crippen LogP contribution >= 0.6 is 54.8 Å². The highest BCUT2D eigenvalue weighted by Crippen LogP contribution is 2.35. The molecule has 0 unspecified atom stereocenters. The van der Waals surface area contributed by atoms with E-state index in [1.807, 2.05) is 12.1 Å². The van der Waals surface area contributed by atoms with E-state index < -0.39 is 0 Å². The predicted molar refractivity (Wildman–Crippen MR) is 92.7 cm³/mol. The van der Waals surface area contributed by atoms with E-state index in [1.165, 1.54) is 10.4 Å². The molecular weight excluding hydrogens is 423 g/mol. The van der Waals surface area contributed by atoms with Crippen LogP contribution in [0.25, 0.3) is 21.6 Å². The van der Waals surface area contributed by atoms with E-state index in [9.17, 15) is 0 Å². The van der Waals surface area contributed by atoms with Crippen molar-refractivity contribution in [3.8, 4) is 10.7 Å². The fraction of sp³-hybridized carbons (Fsp3) is 0.143. The van der Waals surface area contributed by atoms with Crippen molar-refractivity contribution in [2.45, 2.75) is 13.8 Å². The molecule has 6 heteroatoms. The molecule has 20 heavy (non-hydrogen) atoms. The second-order valence-electron chi connectivity index (χ2n) is 4.47. The number of aryl methyl sites for hydroxylation is 2. The van der Waals surface area contributed by atoms with E-state index in [4.69, 9.17) is 11.6 Å². The SMILES string of the molecule is Cc1cc(-c2nc(Cl)c3cc(Br)cc(Br)c3n2)sc1C. The minimum atomic E-state index is 0.468. The molecule has 2 heterocycles. The average Bonchev–Trinajstić information content (AvgIpc) is 2.71. The number of thiophene rings is 1. The minimum Gasteiger partial charge on any atom is -0.226 e. The van der Waals surface area contributed by atoms with Crippen molar-refractivity contribution in [2.24, 2.45) is 0 Å². The molecule has 0 N–H and O–H groups in total. The van der Waals surface area contributed by atoms with E-state index in [0.717, 1.165) is 24.7 Å². The predicted octanol–water partition coefficient (Wildman–Crippen LogP) is 6.15. The van der Waals surface area contributed by atoms with Gasteiger partial charge in [0, 0.05) is 19.2 Å². The van der Waals surface area contributed by atoms with Gasteiger partial charge in [-0.1, -0.05) is 27.5 Å². The summed E-state index contributed by atoms with van der Waals surface area (Å²) in [6.07, 6.45) is 0. The summed E-state index contributed by atoms with van der Waals surface area (Å²) in [5.74, 6) is 0.673. The van der Waals surface area contributed by atoms with Crippen molar-refractivity contribution >= 4 is 65.7 Å². The third-order valence-corrected chi connectivity index (χ3v) is 5.56. The second kappa shape index (κ2) is 5.37. The molecule has 2 nitrogen and oxygen atoms in total. The summed E-state index contributed by atoms with van der Waals surface area (Å²) in [6.45, 7) is 4.18. The first-order valence-electron chi connectivity index (χ1n) is 5.85. The highest BCUT2D eigenvalue weighted by molar-refractivity contribution is 9.11. The molecule has 0 atom stereocenters. The first kappa shape index (κ1) is 14.4. The van der Waals surface area contributed by atoms with E-state index in [0.29, 0.717) is 11.0 Å². The largest absolute Gasteiger partial charge is 0.226 e. The molecule has 0 aliphatic carbocycles. The molecule has 0 spiro atoms. The third-order valence-electron chi connectivity index (χ3n) is 3.06. The highest BCUT2D eigenvalue weighted by Gasteiger charge is 2.13. The van der Waals surface area contributed by atoms with Crippen LogP contribution in [-0.2, 0) is 0 Å². The van der Waals surface area contributed by atoms with Gasteiger partial charge in [0.15, 0.2) is 5.82 Å². The summed E-state index contributed by atoms with van der Waals surface area (Å²) in [6, 6.07) is 5.99. The number of aromatic nitrogens is 2. The van der Waals surface area contributed by atoms with Crippen LogP contribution in [0.1, 0.15) is 10.4 Å². The fourth-order valence-electron chi connectivity index (χ4n) is 1.91. The van der Waals surface area contributed by atoms with Gasteiger partial charge >= 0.3 is 0 Å². The number of nitrogens with zero attached hydrogens (tertiary/aromatic N) is 2. The molecule has 0 radical (unpaired) electrons. The van der Waals surface area contributed by atoms with Crippen molar-refractivity contribution in [1.82, 2.24) is 9.97 Å². The zero-order valence-electron chi connectivity index (χ0n) is 10.7. The quantitative estimate of drug-likeness (QED) is 0.431. The molecule has 0 aliphatic heterocycles. The van der Waals surface area contributed by atoms with Gasteiger partial charge in [-0.05, 0) is 53.5 Å². The minimum absolute atomic E-state index is 0.468. The van der Waals surface area contributed by atoms with E-state index in [2.05, 4.69) is 61.7 Å². The molecule has 0 fully saturated rings. The normalized spacial score (nSPS) is 11.2. The van der Waals surface area contributed by atoms with Gasteiger partial charge in [-0.25, -0.2) is 9.97 Å². The summed E-state index contributed by atoms with van der Waals surface area (Å²) in [7, 11) is 0. The van der Waals surface area contributed by atoms with Gasteiger partial charge < -0.3 is 0 Å². The molecule has 102 valence electrons. The summed E-state index contributed by atoms with van der Waals surface area (Å²) in [5.41, 5.74) is 2.08. The Morgan fingerprint density at radius 1 is 1.10 bits per heavy atom. The lowest BCUT2D eigenvalue weighted by Gasteiger charge is -2.05. The molecule has 0 bridgehead atoms. The Hall–Kier alpha value is -0.490. The number of rotatable bonds is 1. The zero-order chi connectivity index (χ0) is 14.4. The van der Waals surface area contributed by atoms with Crippen LogP contribution in [0.5, 0.6) is 0 Å². The van der Waals surface area contributed by atoms with Gasteiger partial charge in [-0.3, -0.25) is 0 Å². The summed E-state index contributed by atoms with van der Waals surface area (Å²) in [5, 5.41) is 1.30. The molecule has 3 rings (SSSR count). The van der Waals surface area contributed by atoms with E-state index >= 15 is 0 Å². The van der Waals surface area contributed by atoms with Crippen LogP contribution in [0.3, 0.4) is 0 Å². The maximum absolute atomic E-state index is 6.31. The summed E-state index contributed by atoms with van der Waals surface area (Å²) in [4.78, 5) is 11.4. The first-order valence-corrected chi connectivity index (χ1v) is 8.63. The lowest BCUT2D eigenvalue weighted by Crippen LogP contribution is -1.91. The number of fused-ring (bicyclic) bond motifs is 1. The number of benzene rings is 1. The van der Waals surface area contributed by atoms with Crippen LogP contribution in [-0.4, -0.2) is 9.97 Å². The van der Waals surface area contributed by atoms with Gasteiger partial charge in [-0.2, -0.15) is 0 Å². The molecule has 0 saturated heterocycles. The third kappa shape index (κ3) is 2.52. The highest BCUT2D eigenvalue weighted by atomic mass is 79.9. The molecule has 0 amide bonds. The second-order valence-corrected chi connectivity index (χ2v) is 7.86. The van der Waals surface area contributed by atoms with Crippen molar-refractivity contribution in [3.05, 3.63) is 42.7 Å². The van der Waals surface area contributed by atoms with Gasteiger partial charge in [0.2, 0.25) is 0 Å². The molecular formula is C14H9Br2ClN2S. The van der Waals surface area contributed by atoms with E-state index in [1.54, 1.807) is 11.3 Å². The molecule has 0 saturated carbocycles. The Balaban J connectivity index is 2.29. The number of halogens is 3. The number of hydrogen-bond acceptors (Lipinski definition) is 3. The monoisotopic (exact) mass is 430 g/mol. The Morgan fingerprint density at radius 2 is 1.85 bits per heavy atom. The Labute approximate surface area is 142 Å². The van der Waals surface area contributed by atoms with Gasteiger partial charge in [0.25, 0.3) is 0 Å². The smallest absolute Gasteiger partial charge is 0.171 e. The summed E-state index contributed by atoms with van der Waals surface area (Å²) < 4.78 is 1.84. The number of hydrogen-bond donors (Lipinski definition) is 0. The van der Waals surface area contributed by atoms with Crippen LogP contribution in [0.15, 0.2) is 27.1 Å². The standard InChI is InChI=1S/C14H9Br2ClN2S/c1-6-3-11(20-7(6)2)14-18-12-9(13(17)19-14)4-8(15)5-10(12)16/h3-5H,1-2H3. The van der Waals surface area contributed by atoms with Gasteiger partial charge in [-0.15, -0.1) is 11.3 Å². The first-order chi connectivity index (χ1) is 9.45. The van der Waals surface area contributed by atoms with E-state index in [-0.39, 0.29) is 0 Å². The van der Waals surface area contributed by atoms with Gasteiger partial charge in [0.05, 0.1) is 10.4 Å². The van der Waals surface area contributed by atoms with Crippen LogP contribution in [0, 0.1) is 13.8 Å².